The predicted octanol–water partition coefficient (Wildman–Crippen LogP) is 1.67. The van der Waals surface area contributed by atoms with E-state index < -0.39 is 23.7 Å². The summed E-state index contributed by atoms with van der Waals surface area (Å²) in [5, 5.41) is 2.52. The Hall–Kier alpha value is -1.18. The average molecular weight is 364 g/mol. The molecule has 6 heteroatoms. The highest BCUT2D eigenvalue weighted by Gasteiger charge is 2.23. The molecule has 4 nitrogen and oxygen atoms in total. The van der Waals surface area contributed by atoms with Crippen LogP contribution >= 0.6 is 22.6 Å². The van der Waals surface area contributed by atoms with Crippen molar-refractivity contribution in [2.45, 2.75) is 19.9 Å². The average Bonchev–Trinajstić information content (AvgIpc) is 2.28. The van der Waals surface area contributed by atoms with Crippen molar-refractivity contribution in [3.8, 4) is 0 Å². The molecule has 3 N–H and O–H groups in total. The minimum atomic E-state index is -0.767. The van der Waals surface area contributed by atoms with E-state index in [0.717, 1.165) is 6.07 Å². The van der Waals surface area contributed by atoms with Gasteiger partial charge in [-0.3, -0.25) is 9.59 Å². The van der Waals surface area contributed by atoms with E-state index in [4.69, 9.17) is 5.73 Å². The molecule has 0 heterocycles. The zero-order valence-corrected chi connectivity index (χ0v) is 12.2. The molecule has 1 atom stereocenters. The van der Waals surface area contributed by atoms with E-state index in [1.165, 1.54) is 12.1 Å². The molecular formula is C12H14FIN2O2. The van der Waals surface area contributed by atoms with Crippen molar-refractivity contribution in [2.24, 2.45) is 11.7 Å². The highest BCUT2D eigenvalue weighted by molar-refractivity contribution is 14.1. The maximum atomic E-state index is 13.1. The van der Waals surface area contributed by atoms with Crippen molar-refractivity contribution < 1.29 is 14.0 Å². The third-order valence-corrected chi connectivity index (χ3v) is 3.37. The molecular weight excluding hydrogens is 350 g/mol. The quantitative estimate of drug-likeness (QED) is 0.798. The van der Waals surface area contributed by atoms with E-state index in [-0.39, 0.29) is 11.5 Å². The standard InChI is InChI=1S/C12H14FIN2O2/c1-6(2)10(11(15)17)16-12(18)8-5-7(13)3-4-9(8)14/h3-6,10H,1-2H3,(H2,15,17)(H,16,18)/t10-/m0/s1. The van der Waals surface area contributed by atoms with Crippen molar-refractivity contribution >= 4 is 34.4 Å². The normalized spacial score (nSPS) is 12.3. The topological polar surface area (TPSA) is 72.2 Å². The Balaban J connectivity index is 2.94. The van der Waals surface area contributed by atoms with Crippen LogP contribution in [0.25, 0.3) is 0 Å². The summed E-state index contributed by atoms with van der Waals surface area (Å²) >= 11 is 1.93. The molecule has 0 aliphatic carbocycles. The molecule has 0 saturated heterocycles. The lowest BCUT2D eigenvalue weighted by molar-refractivity contribution is -0.120. The van der Waals surface area contributed by atoms with Crippen LogP contribution in [0.4, 0.5) is 4.39 Å². The number of carbonyl (C=O) groups excluding carboxylic acids is 2. The lowest BCUT2D eigenvalue weighted by Crippen LogP contribution is -2.47. The van der Waals surface area contributed by atoms with Crippen molar-refractivity contribution in [3.05, 3.63) is 33.1 Å². The first-order chi connectivity index (χ1) is 8.32. The predicted molar refractivity (Wildman–Crippen MR) is 74.4 cm³/mol. The van der Waals surface area contributed by atoms with Crippen LogP contribution in [0.5, 0.6) is 0 Å². The van der Waals surface area contributed by atoms with Gasteiger partial charge in [-0.1, -0.05) is 13.8 Å². The van der Waals surface area contributed by atoms with Gasteiger partial charge in [0.2, 0.25) is 5.91 Å². The third kappa shape index (κ3) is 3.66. The fraction of sp³-hybridized carbons (Fsp3) is 0.333. The Kier molecular flexibility index (Phi) is 5.06. The second kappa shape index (κ2) is 6.12. The van der Waals surface area contributed by atoms with Gasteiger partial charge in [-0.15, -0.1) is 0 Å². The Morgan fingerprint density at radius 3 is 2.50 bits per heavy atom. The number of carbonyl (C=O) groups is 2. The fourth-order valence-corrected chi connectivity index (χ4v) is 2.04. The van der Waals surface area contributed by atoms with Crippen molar-refractivity contribution in [3.63, 3.8) is 0 Å². The molecule has 0 radical (unpaired) electrons. The molecule has 1 aromatic rings. The van der Waals surface area contributed by atoms with Crippen LogP contribution in [0.3, 0.4) is 0 Å². The highest BCUT2D eigenvalue weighted by Crippen LogP contribution is 2.14. The van der Waals surface area contributed by atoms with Crippen LogP contribution in [0.15, 0.2) is 18.2 Å². The van der Waals surface area contributed by atoms with Gasteiger partial charge in [0.15, 0.2) is 0 Å². The minimum absolute atomic E-state index is 0.127. The van der Waals surface area contributed by atoms with E-state index >= 15 is 0 Å². The number of rotatable bonds is 4. The first-order valence-corrected chi connectivity index (χ1v) is 6.46. The second-order valence-electron chi connectivity index (χ2n) is 4.22. The van der Waals surface area contributed by atoms with E-state index in [9.17, 15) is 14.0 Å². The smallest absolute Gasteiger partial charge is 0.253 e. The molecule has 0 fully saturated rings. The first kappa shape index (κ1) is 14.9. The SMILES string of the molecule is CC(C)[C@H](NC(=O)c1cc(F)ccc1I)C(N)=O. The molecule has 1 aromatic carbocycles. The van der Waals surface area contributed by atoms with Gasteiger partial charge >= 0.3 is 0 Å². The van der Waals surface area contributed by atoms with Gasteiger partial charge < -0.3 is 11.1 Å². The maximum absolute atomic E-state index is 13.1. The van der Waals surface area contributed by atoms with Crippen molar-refractivity contribution in [1.82, 2.24) is 5.32 Å². The van der Waals surface area contributed by atoms with Crippen LogP contribution in [0, 0.1) is 15.3 Å². The van der Waals surface area contributed by atoms with Crippen LogP contribution in [-0.4, -0.2) is 17.9 Å². The van der Waals surface area contributed by atoms with Crippen LogP contribution in [0.1, 0.15) is 24.2 Å². The summed E-state index contributed by atoms with van der Waals surface area (Å²) in [7, 11) is 0. The van der Waals surface area contributed by atoms with Gasteiger partial charge in [-0.05, 0) is 46.7 Å². The summed E-state index contributed by atoms with van der Waals surface area (Å²) in [6.07, 6.45) is 0. The number of benzene rings is 1. The molecule has 0 spiro atoms. The van der Waals surface area contributed by atoms with E-state index in [1.54, 1.807) is 13.8 Å². The van der Waals surface area contributed by atoms with Gasteiger partial charge in [0.1, 0.15) is 11.9 Å². The second-order valence-corrected chi connectivity index (χ2v) is 5.38. The monoisotopic (exact) mass is 364 g/mol. The molecule has 0 unspecified atom stereocenters. The zero-order chi connectivity index (χ0) is 13.9. The number of amides is 2. The van der Waals surface area contributed by atoms with Crippen LogP contribution < -0.4 is 11.1 Å². The van der Waals surface area contributed by atoms with Crippen LogP contribution in [-0.2, 0) is 4.79 Å². The summed E-state index contributed by atoms with van der Waals surface area (Å²) in [5.41, 5.74) is 5.40. The van der Waals surface area contributed by atoms with Gasteiger partial charge in [-0.2, -0.15) is 0 Å². The number of nitrogens with one attached hydrogen (secondary N) is 1. The van der Waals surface area contributed by atoms with Gasteiger partial charge in [0.05, 0.1) is 5.56 Å². The lowest BCUT2D eigenvalue weighted by Gasteiger charge is -2.19. The summed E-state index contributed by atoms with van der Waals surface area (Å²) in [4.78, 5) is 23.1. The molecule has 0 aliphatic rings. The molecule has 0 aromatic heterocycles. The molecule has 98 valence electrons. The summed E-state index contributed by atoms with van der Waals surface area (Å²) < 4.78 is 13.7. The van der Waals surface area contributed by atoms with Crippen molar-refractivity contribution in [1.29, 1.82) is 0 Å². The van der Waals surface area contributed by atoms with Crippen LogP contribution in [0.2, 0.25) is 0 Å². The summed E-state index contributed by atoms with van der Waals surface area (Å²) in [5.74, 6) is -1.74. The fourth-order valence-electron chi connectivity index (χ4n) is 1.46. The van der Waals surface area contributed by atoms with Gasteiger partial charge in [0, 0.05) is 3.57 Å². The van der Waals surface area contributed by atoms with Gasteiger partial charge in [0.25, 0.3) is 5.91 Å². The number of hydrogen-bond donors (Lipinski definition) is 2. The number of nitrogens with two attached hydrogens (primary N) is 1. The Labute approximate surface area is 118 Å². The summed E-state index contributed by atoms with van der Waals surface area (Å²) in [6, 6.07) is 3.14. The minimum Gasteiger partial charge on any atom is -0.368 e. The lowest BCUT2D eigenvalue weighted by atomic mass is 10.0. The third-order valence-electron chi connectivity index (χ3n) is 2.43. The first-order valence-electron chi connectivity index (χ1n) is 5.38. The van der Waals surface area contributed by atoms with E-state index in [2.05, 4.69) is 5.32 Å². The molecule has 0 aliphatic heterocycles. The molecule has 2 amide bonds. The number of halogens is 2. The molecule has 0 bridgehead atoms. The van der Waals surface area contributed by atoms with E-state index in [1.807, 2.05) is 22.6 Å². The van der Waals surface area contributed by atoms with Crippen molar-refractivity contribution in [2.75, 3.05) is 0 Å². The van der Waals surface area contributed by atoms with Gasteiger partial charge in [-0.25, -0.2) is 4.39 Å². The van der Waals surface area contributed by atoms with E-state index in [0.29, 0.717) is 3.57 Å². The Morgan fingerprint density at radius 2 is 2.00 bits per heavy atom. The zero-order valence-electron chi connectivity index (χ0n) is 10.0. The Bertz CT molecular complexity index is 477. The molecule has 0 saturated carbocycles. The highest BCUT2D eigenvalue weighted by atomic mass is 127. The Morgan fingerprint density at radius 1 is 1.39 bits per heavy atom. The largest absolute Gasteiger partial charge is 0.368 e. The molecule has 1 rings (SSSR count). The number of primary amides is 1. The summed E-state index contributed by atoms with van der Waals surface area (Å²) in [6.45, 7) is 3.54. The maximum Gasteiger partial charge on any atom is 0.253 e. The number of hydrogen-bond acceptors (Lipinski definition) is 2. The molecule has 18 heavy (non-hydrogen) atoms.